The Labute approximate surface area is 183 Å². The number of fused-ring (bicyclic) bond motifs is 1. The van der Waals surface area contributed by atoms with Crippen LogP contribution in [0.1, 0.15) is 18.5 Å². The number of nitrogens with one attached hydrogen (secondary N) is 1. The number of carbonyl (C=O) groups excluding carboxylic acids is 1. The Bertz CT molecular complexity index is 853. The first-order valence-electron chi connectivity index (χ1n) is 11.0. The van der Waals surface area contributed by atoms with E-state index in [9.17, 15) is 4.79 Å². The SMILES string of the molecule is CC(NC(=O)CN1CCN(CCOc2ccccc2)CC1)c1ccc2c(c1)OCCO2. The minimum Gasteiger partial charge on any atom is -0.492 e. The summed E-state index contributed by atoms with van der Waals surface area (Å²) in [5.74, 6) is 2.46. The summed E-state index contributed by atoms with van der Waals surface area (Å²) < 4.78 is 17.0. The van der Waals surface area contributed by atoms with Gasteiger partial charge in [0.25, 0.3) is 0 Å². The molecule has 0 aromatic heterocycles. The van der Waals surface area contributed by atoms with Crippen molar-refractivity contribution in [2.75, 3.05) is 59.1 Å². The molecule has 0 spiro atoms. The minimum atomic E-state index is -0.0836. The number of hydrogen-bond donors (Lipinski definition) is 1. The highest BCUT2D eigenvalue weighted by atomic mass is 16.6. The van der Waals surface area contributed by atoms with Gasteiger partial charge in [0.15, 0.2) is 11.5 Å². The largest absolute Gasteiger partial charge is 0.492 e. The Hall–Kier alpha value is -2.77. The van der Waals surface area contributed by atoms with Gasteiger partial charge >= 0.3 is 0 Å². The molecule has 1 atom stereocenters. The summed E-state index contributed by atoms with van der Waals surface area (Å²) in [7, 11) is 0. The number of ether oxygens (including phenoxy) is 3. The third-order valence-electron chi connectivity index (χ3n) is 5.70. The van der Waals surface area contributed by atoms with Gasteiger partial charge in [-0.3, -0.25) is 14.6 Å². The third kappa shape index (κ3) is 6.12. The Morgan fingerprint density at radius 1 is 1.00 bits per heavy atom. The lowest BCUT2D eigenvalue weighted by Crippen LogP contribution is -2.50. The highest BCUT2D eigenvalue weighted by molar-refractivity contribution is 5.78. The number of hydrogen-bond acceptors (Lipinski definition) is 6. The van der Waals surface area contributed by atoms with E-state index in [1.165, 1.54) is 0 Å². The molecule has 1 N–H and O–H groups in total. The van der Waals surface area contributed by atoms with E-state index in [0.29, 0.717) is 26.4 Å². The average molecular weight is 426 g/mol. The van der Waals surface area contributed by atoms with Crippen LogP contribution in [-0.4, -0.2) is 74.8 Å². The molecule has 2 aliphatic rings. The summed E-state index contributed by atoms with van der Waals surface area (Å²) in [6.07, 6.45) is 0. The molecule has 0 aliphatic carbocycles. The van der Waals surface area contributed by atoms with Gasteiger partial charge < -0.3 is 19.5 Å². The Morgan fingerprint density at radius 2 is 1.71 bits per heavy atom. The normalized spacial score (nSPS) is 17.7. The molecule has 1 fully saturated rings. The van der Waals surface area contributed by atoms with E-state index in [2.05, 4.69) is 15.1 Å². The van der Waals surface area contributed by atoms with E-state index in [4.69, 9.17) is 14.2 Å². The predicted molar refractivity (Wildman–Crippen MR) is 119 cm³/mol. The summed E-state index contributed by atoms with van der Waals surface area (Å²) in [5.41, 5.74) is 1.01. The van der Waals surface area contributed by atoms with Crippen molar-refractivity contribution in [1.82, 2.24) is 15.1 Å². The van der Waals surface area contributed by atoms with Crippen molar-refractivity contribution < 1.29 is 19.0 Å². The molecule has 1 unspecified atom stereocenters. The molecule has 2 aromatic rings. The van der Waals surface area contributed by atoms with E-state index in [-0.39, 0.29) is 11.9 Å². The molecule has 2 heterocycles. The summed E-state index contributed by atoms with van der Waals surface area (Å²) in [6.45, 7) is 8.79. The van der Waals surface area contributed by atoms with Crippen LogP contribution >= 0.6 is 0 Å². The van der Waals surface area contributed by atoms with Gasteiger partial charge in [-0.25, -0.2) is 0 Å². The summed E-state index contributed by atoms with van der Waals surface area (Å²) >= 11 is 0. The average Bonchev–Trinajstić information content (AvgIpc) is 2.80. The van der Waals surface area contributed by atoms with Crippen LogP contribution in [0.5, 0.6) is 17.2 Å². The third-order valence-corrected chi connectivity index (χ3v) is 5.70. The molecule has 0 radical (unpaired) electrons. The van der Waals surface area contributed by atoms with E-state index < -0.39 is 0 Å². The zero-order chi connectivity index (χ0) is 21.5. The zero-order valence-electron chi connectivity index (χ0n) is 18.1. The number of nitrogens with zero attached hydrogens (tertiary/aromatic N) is 2. The van der Waals surface area contributed by atoms with Crippen LogP contribution in [0.3, 0.4) is 0 Å². The maximum absolute atomic E-state index is 12.6. The standard InChI is InChI=1S/C24H31N3O4/c1-19(20-7-8-22-23(17-20)31-16-15-30-22)25-24(28)18-27-11-9-26(10-12-27)13-14-29-21-5-3-2-4-6-21/h2-8,17,19H,9-16,18H2,1H3,(H,25,28). The van der Waals surface area contributed by atoms with Crippen molar-refractivity contribution >= 4 is 5.91 Å². The van der Waals surface area contributed by atoms with Crippen molar-refractivity contribution in [3.8, 4) is 17.2 Å². The van der Waals surface area contributed by atoms with Crippen LogP contribution in [-0.2, 0) is 4.79 Å². The molecule has 31 heavy (non-hydrogen) atoms. The van der Waals surface area contributed by atoms with E-state index >= 15 is 0 Å². The molecule has 166 valence electrons. The molecule has 7 heteroatoms. The van der Waals surface area contributed by atoms with Gasteiger partial charge in [0, 0.05) is 32.7 Å². The molecule has 1 amide bonds. The van der Waals surface area contributed by atoms with Gasteiger partial charge in [0.2, 0.25) is 5.91 Å². The van der Waals surface area contributed by atoms with Crippen molar-refractivity contribution in [3.63, 3.8) is 0 Å². The lowest BCUT2D eigenvalue weighted by Gasteiger charge is -2.34. The number of rotatable bonds is 8. The summed E-state index contributed by atoms with van der Waals surface area (Å²) in [5, 5.41) is 3.10. The molecule has 0 bridgehead atoms. The molecular formula is C24H31N3O4. The fourth-order valence-electron chi connectivity index (χ4n) is 3.88. The van der Waals surface area contributed by atoms with Crippen LogP contribution in [0, 0.1) is 0 Å². The second-order valence-corrected chi connectivity index (χ2v) is 7.97. The number of amides is 1. The lowest BCUT2D eigenvalue weighted by molar-refractivity contribution is -0.123. The molecule has 4 rings (SSSR count). The summed E-state index contributed by atoms with van der Waals surface area (Å²) in [4.78, 5) is 17.1. The second kappa shape index (κ2) is 10.5. The molecule has 2 aliphatic heterocycles. The van der Waals surface area contributed by atoms with Gasteiger partial charge in [0.1, 0.15) is 25.6 Å². The first kappa shape index (κ1) is 21.5. The molecule has 2 aromatic carbocycles. The number of piperazine rings is 1. The van der Waals surface area contributed by atoms with Crippen molar-refractivity contribution in [2.45, 2.75) is 13.0 Å². The second-order valence-electron chi connectivity index (χ2n) is 7.97. The highest BCUT2D eigenvalue weighted by Crippen LogP contribution is 2.32. The minimum absolute atomic E-state index is 0.0447. The van der Waals surface area contributed by atoms with Gasteiger partial charge in [-0.05, 0) is 36.8 Å². The van der Waals surface area contributed by atoms with Gasteiger partial charge in [0.05, 0.1) is 12.6 Å². The fraction of sp³-hybridized carbons (Fsp3) is 0.458. The van der Waals surface area contributed by atoms with Crippen LogP contribution < -0.4 is 19.5 Å². The van der Waals surface area contributed by atoms with Crippen molar-refractivity contribution in [1.29, 1.82) is 0 Å². The molecular weight excluding hydrogens is 394 g/mol. The van der Waals surface area contributed by atoms with E-state index in [1.807, 2.05) is 55.5 Å². The van der Waals surface area contributed by atoms with Crippen LogP contribution in [0.25, 0.3) is 0 Å². The maximum atomic E-state index is 12.6. The molecule has 0 saturated carbocycles. The van der Waals surface area contributed by atoms with Crippen LogP contribution in [0.4, 0.5) is 0 Å². The van der Waals surface area contributed by atoms with Gasteiger partial charge in [-0.1, -0.05) is 24.3 Å². The van der Waals surface area contributed by atoms with E-state index in [0.717, 1.165) is 55.5 Å². The highest BCUT2D eigenvalue weighted by Gasteiger charge is 2.20. The van der Waals surface area contributed by atoms with Crippen LogP contribution in [0.15, 0.2) is 48.5 Å². The van der Waals surface area contributed by atoms with Crippen LogP contribution in [0.2, 0.25) is 0 Å². The van der Waals surface area contributed by atoms with Crippen molar-refractivity contribution in [3.05, 3.63) is 54.1 Å². The Morgan fingerprint density at radius 3 is 2.48 bits per heavy atom. The molecule has 7 nitrogen and oxygen atoms in total. The smallest absolute Gasteiger partial charge is 0.234 e. The maximum Gasteiger partial charge on any atom is 0.234 e. The van der Waals surface area contributed by atoms with Gasteiger partial charge in [-0.15, -0.1) is 0 Å². The quantitative estimate of drug-likeness (QED) is 0.701. The first-order chi connectivity index (χ1) is 15.2. The fourth-order valence-corrected chi connectivity index (χ4v) is 3.88. The molecule has 1 saturated heterocycles. The Balaban J connectivity index is 1.16. The van der Waals surface area contributed by atoms with Crippen molar-refractivity contribution in [2.24, 2.45) is 0 Å². The van der Waals surface area contributed by atoms with Gasteiger partial charge in [-0.2, -0.15) is 0 Å². The lowest BCUT2D eigenvalue weighted by atomic mass is 10.1. The summed E-state index contributed by atoms with van der Waals surface area (Å²) in [6, 6.07) is 15.7. The predicted octanol–water partition coefficient (Wildman–Crippen LogP) is 2.33. The topological polar surface area (TPSA) is 63.3 Å². The number of para-hydroxylation sites is 1. The number of benzene rings is 2. The van der Waals surface area contributed by atoms with E-state index in [1.54, 1.807) is 0 Å². The number of carbonyl (C=O) groups is 1. The monoisotopic (exact) mass is 425 g/mol. The first-order valence-corrected chi connectivity index (χ1v) is 11.0. The Kier molecular flexibility index (Phi) is 7.27. The zero-order valence-corrected chi connectivity index (χ0v) is 18.1.